The normalized spacial score (nSPS) is 23.3. The maximum absolute atomic E-state index is 4.35. The molecule has 2 atom stereocenters. The summed E-state index contributed by atoms with van der Waals surface area (Å²) in [5.41, 5.74) is 1.05. The minimum absolute atomic E-state index is 0.337. The molecule has 4 heteroatoms. The van der Waals surface area contributed by atoms with Gasteiger partial charge in [-0.3, -0.25) is 14.9 Å². The molecular weight excluding hydrogens is 188 g/mol. The van der Waals surface area contributed by atoms with Crippen LogP contribution in [0, 0.1) is 0 Å². The summed E-state index contributed by atoms with van der Waals surface area (Å²) in [6, 6.07) is 0.964. The van der Waals surface area contributed by atoms with Crippen molar-refractivity contribution < 1.29 is 0 Å². The van der Waals surface area contributed by atoms with Crippen LogP contribution in [0.25, 0.3) is 0 Å². The molecule has 2 rings (SSSR count). The van der Waals surface area contributed by atoms with Gasteiger partial charge in [0, 0.05) is 31.2 Å². The SMILES string of the molecule is CC(c1cnccn1)N(C)C1CCNC1. The van der Waals surface area contributed by atoms with Crippen LogP contribution < -0.4 is 5.32 Å². The lowest BCUT2D eigenvalue weighted by Gasteiger charge is -2.29. The molecule has 1 saturated heterocycles. The van der Waals surface area contributed by atoms with Crippen molar-refractivity contribution >= 4 is 0 Å². The second-order valence-electron chi connectivity index (χ2n) is 4.12. The highest BCUT2D eigenvalue weighted by Gasteiger charge is 2.24. The fraction of sp³-hybridized carbons (Fsp3) is 0.636. The van der Waals surface area contributed by atoms with Gasteiger partial charge in [-0.25, -0.2) is 0 Å². The van der Waals surface area contributed by atoms with E-state index in [9.17, 15) is 0 Å². The molecule has 0 spiro atoms. The van der Waals surface area contributed by atoms with E-state index in [1.165, 1.54) is 6.42 Å². The average Bonchev–Trinajstić information content (AvgIpc) is 2.82. The molecule has 4 nitrogen and oxygen atoms in total. The van der Waals surface area contributed by atoms with E-state index in [1.807, 2.05) is 6.20 Å². The van der Waals surface area contributed by atoms with Gasteiger partial charge in [-0.05, 0) is 26.9 Å². The van der Waals surface area contributed by atoms with Gasteiger partial charge in [0.1, 0.15) is 0 Å². The fourth-order valence-electron chi connectivity index (χ4n) is 2.04. The quantitative estimate of drug-likeness (QED) is 0.795. The molecule has 0 radical (unpaired) electrons. The molecule has 1 aromatic rings. The maximum atomic E-state index is 4.35. The number of aromatic nitrogens is 2. The monoisotopic (exact) mass is 206 g/mol. The molecule has 0 bridgehead atoms. The molecule has 82 valence electrons. The van der Waals surface area contributed by atoms with Crippen molar-refractivity contribution in [2.75, 3.05) is 20.1 Å². The van der Waals surface area contributed by atoms with Gasteiger partial charge in [0.15, 0.2) is 0 Å². The minimum Gasteiger partial charge on any atom is -0.315 e. The summed E-state index contributed by atoms with van der Waals surface area (Å²) in [7, 11) is 2.16. The third kappa shape index (κ3) is 2.33. The van der Waals surface area contributed by atoms with Crippen molar-refractivity contribution in [3.8, 4) is 0 Å². The Labute approximate surface area is 90.7 Å². The summed E-state index contributed by atoms with van der Waals surface area (Å²) in [5.74, 6) is 0. The van der Waals surface area contributed by atoms with Crippen molar-refractivity contribution in [3.63, 3.8) is 0 Å². The van der Waals surface area contributed by atoms with Crippen molar-refractivity contribution in [3.05, 3.63) is 24.3 Å². The van der Waals surface area contributed by atoms with Gasteiger partial charge in [-0.1, -0.05) is 0 Å². The first-order chi connectivity index (χ1) is 7.29. The van der Waals surface area contributed by atoms with E-state index in [2.05, 4.69) is 34.2 Å². The lowest BCUT2D eigenvalue weighted by molar-refractivity contribution is 0.193. The smallest absolute Gasteiger partial charge is 0.0755 e. The van der Waals surface area contributed by atoms with Crippen molar-refractivity contribution in [2.45, 2.75) is 25.4 Å². The summed E-state index contributed by atoms with van der Waals surface area (Å²) < 4.78 is 0. The zero-order valence-corrected chi connectivity index (χ0v) is 9.35. The van der Waals surface area contributed by atoms with Crippen LogP contribution >= 0.6 is 0 Å². The van der Waals surface area contributed by atoms with Crippen LogP contribution in [0.1, 0.15) is 25.1 Å². The zero-order valence-electron chi connectivity index (χ0n) is 9.35. The molecule has 2 heterocycles. The number of hydrogen-bond acceptors (Lipinski definition) is 4. The number of nitrogens with one attached hydrogen (secondary N) is 1. The first kappa shape index (κ1) is 10.5. The first-order valence-corrected chi connectivity index (χ1v) is 5.47. The maximum Gasteiger partial charge on any atom is 0.0755 e. The van der Waals surface area contributed by atoms with Crippen LogP contribution in [0.3, 0.4) is 0 Å². The molecule has 0 saturated carbocycles. The number of nitrogens with zero attached hydrogens (tertiary/aromatic N) is 3. The molecule has 0 aromatic carbocycles. The standard InChI is InChI=1S/C11H18N4/c1-9(11-8-13-5-6-14-11)15(2)10-3-4-12-7-10/h5-6,8-10,12H,3-4,7H2,1-2H3. The van der Waals surface area contributed by atoms with Gasteiger partial charge < -0.3 is 5.32 Å². The van der Waals surface area contributed by atoms with E-state index in [1.54, 1.807) is 12.4 Å². The molecule has 15 heavy (non-hydrogen) atoms. The molecule has 2 unspecified atom stereocenters. The largest absolute Gasteiger partial charge is 0.315 e. The van der Waals surface area contributed by atoms with Gasteiger partial charge in [0.05, 0.1) is 11.7 Å². The molecule has 1 aliphatic rings. The summed E-state index contributed by atoms with van der Waals surface area (Å²) in [4.78, 5) is 10.8. The summed E-state index contributed by atoms with van der Waals surface area (Å²) in [6.45, 7) is 4.39. The second kappa shape index (κ2) is 4.68. The Kier molecular flexibility index (Phi) is 3.28. The topological polar surface area (TPSA) is 41.1 Å². The molecule has 1 aromatic heterocycles. The van der Waals surface area contributed by atoms with E-state index in [0.29, 0.717) is 12.1 Å². The molecule has 1 aliphatic heterocycles. The Morgan fingerprint density at radius 2 is 2.40 bits per heavy atom. The van der Waals surface area contributed by atoms with Crippen molar-refractivity contribution in [1.82, 2.24) is 20.2 Å². The lowest BCUT2D eigenvalue weighted by Crippen LogP contribution is -2.35. The first-order valence-electron chi connectivity index (χ1n) is 5.47. The number of hydrogen-bond donors (Lipinski definition) is 1. The van der Waals surface area contributed by atoms with E-state index in [4.69, 9.17) is 0 Å². The Balaban J connectivity index is 2.03. The van der Waals surface area contributed by atoms with Crippen molar-refractivity contribution in [2.24, 2.45) is 0 Å². The van der Waals surface area contributed by atoms with Crippen molar-refractivity contribution in [1.29, 1.82) is 0 Å². The Bertz CT molecular complexity index is 295. The van der Waals surface area contributed by atoms with Crippen LogP contribution in [0.4, 0.5) is 0 Å². The van der Waals surface area contributed by atoms with Gasteiger partial charge in [0.25, 0.3) is 0 Å². The average molecular weight is 206 g/mol. The molecular formula is C11H18N4. The summed E-state index contributed by atoms with van der Waals surface area (Å²) in [5, 5.41) is 3.38. The molecule has 1 N–H and O–H groups in total. The summed E-state index contributed by atoms with van der Waals surface area (Å²) >= 11 is 0. The van der Waals surface area contributed by atoms with Gasteiger partial charge in [0.2, 0.25) is 0 Å². The van der Waals surface area contributed by atoms with Gasteiger partial charge in [-0.2, -0.15) is 0 Å². The Hall–Kier alpha value is -1.00. The van der Waals surface area contributed by atoms with Crippen LogP contribution in [-0.2, 0) is 0 Å². The predicted molar refractivity (Wildman–Crippen MR) is 59.5 cm³/mol. The Morgan fingerprint density at radius 1 is 1.53 bits per heavy atom. The zero-order chi connectivity index (χ0) is 10.7. The van der Waals surface area contributed by atoms with E-state index >= 15 is 0 Å². The highest BCUT2D eigenvalue weighted by Crippen LogP contribution is 2.20. The fourth-order valence-corrected chi connectivity index (χ4v) is 2.04. The lowest BCUT2D eigenvalue weighted by atomic mass is 10.1. The number of rotatable bonds is 3. The van der Waals surface area contributed by atoms with E-state index in [0.717, 1.165) is 18.8 Å². The van der Waals surface area contributed by atoms with Crippen LogP contribution in [0.2, 0.25) is 0 Å². The van der Waals surface area contributed by atoms with Crippen LogP contribution in [0.15, 0.2) is 18.6 Å². The molecule has 1 fully saturated rings. The third-order valence-electron chi connectivity index (χ3n) is 3.23. The second-order valence-corrected chi connectivity index (χ2v) is 4.12. The van der Waals surface area contributed by atoms with Gasteiger partial charge in [-0.15, -0.1) is 0 Å². The third-order valence-corrected chi connectivity index (χ3v) is 3.23. The molecule has 0 aliphatic carbocycles. The van der Waals surface area contributed by atoms with E-state index < -0.39 is 0 Å². The predicted octanol–water partition coefficient (Wildman–Crippen LogP) is 0.831. The van der Waals surface area contributed by atoms with Crippen LogP contribution in [0.5, 0.6) is 0 Å². The minimum atomic E-state index is 0.337. The van der Waals surface area contributed by atoms with Crippen LogP contribution in [-0.4, -0.2) is 41.0 Å². The van der Waals surface area contributed by atoms with Gasteiger partial charge >= 0.3 is 0 Å². The highest BCUT2D eigenvalue weighted by atomic mass is 15.2. The Morgan fingerprint density at radius 3 is 3.00 bits per heavy atom. The number of likely N-dealkylation sites (N-methyl/N-ethyl adjacent to an activating group) is 1. The van der Waals surface area contributed by atoms with E-state index in [-0.39, 0.29) is 0 Å². The summed E-state index contributed by atoms with van der Waals surface area (Å²) in [6.07, 6.45) is 6.55. The highest BCUT2D eigenvalue weighted by molar-refractivity contribution is 5.02. The molecule has 0 amide bonds.